The minimum Gasteiger partial charge on any atom is -0.312 e. The van der Waals surface area contributed by atoms with Crippen molar-refractivity contribution in [1.29, 1.82) is 0 Å². The molecular weight excluding hydrogens is 601 g/mol. The normalized spacial score (nSPS) is 16.2. The molecule has 0 saturated heterocycles. The van der Waals surface area contributed by atoms with Crippen molar-refractivity contribution in [2.24, 2.45) is 0 Å². The lowest BCUT2D eigenvalue weighted by Crippen LogP contribution is -2.66. The molecule has 0 bridgehead atoms. The number of rotatable bonds is 1. The first-order chi connectivity index (χ1) is 23.8. The maximum atomic E-state index is 2.60. The van der Waals surface area contributed by atoms with E-state index in [9.17, 15) is 0 Å². The van der Waals surface area contributed by atoms with Crippen molar-refractivity contribution in [3.05, 3.63) is 178 Å². The molecule has 0 amide bonds. The smallest absolute Gasteiger partial charge is 0.247 e. The zero-order chi connectivity index (χ0) is 34.8. The number of anilines is 3. The molecule has 3 aliphatic rings. The van der Waals surface area contributed by atoms with Gasteiger partial charge in [0.15, 0.2) is 0 Å². The lowest BCUT2D eigenvalue weighted by molar-refractivity contribution is 0.556. The number of para-hydroxylation sites is 1. The zero-order valence-corrected chi connectivity index (χ0v) is 30.7. The highest BCUT2D eigenvalue weighted by atomic mass is 15.2. The van der Waals surface area contributed by atoms with Crippen molar-refractivity contribution in [3.8, 4) is 0 Å². The maximum Gasteiger partial charge on any atom is 0.247 e. The van der Waals surface area contributed by atoms with Gasteiger partial charge in [0.05, 0.1) is 5.41 Å². The van der Waals surface area contributed by atoms with Gasteiger partial charge in [-0.3, -0.25) is 0 Å². The summed E-state index contributed by atoms with van der Waals surface area (Å²) in [6.45, 7) is 18.9. The fourth-order valence-electron chi connectivity index (χ4n) is 9.62. The summed E-state index contributed by atoms with van der Waals surface area (Å²) >= 11 is 0. The summed E-state index contributed by atoms with van der Waals surface area (Å²) in [5.41, 5.74) is 18.5. The van der Waals surface area contributed by atoms with Crippen molar-refractivity contribution >= 4 is 40.2 Å². The van der Waals surface area contributed by atoms with E-state index in [-0.39, 0.29) is 23.0 Å². The van der Waals surface area contributed by atoms with Crippen LogP contribution in [0.5, 0.6) is 0 Å². The molecule has 2 aliphatic heterocycles. The van der Waals surface area contributed by atoms with E-state index in [0.717, 1.165) is 0 Å². The first-order valence-electron chi connectivity index (χ1n) is 18.3. The Morgan fingerprint density at radius 2 is 0.960 bits per heavy atom. The Kier molecular flexibility index (Phi) is 6.46. The molecule has 50 heavy (non-hydrogen) atoms. The largest absolute Gasteiger partial charge is 0.312 e. The monoisotopic (exact) mass is 647 g/mol. The van der Waals surface area contributed by atoms with E-state index >= 15 is 0 Å². The Balaban J connectivity index is 1.48. The van der Waals surface area contributed by atoms with Crippen LogP contribution in [0.3, 0.4) is 0 Å². The molecule has 0 atom stereocenters. The summed E-state index contributed by atoms with van der Waals surface area (Å²) in [6, 6.07) is 51.6. The van der Waals surface area contributed by atoms with Crippen LogP contribution in [0, 0.1) is 0 Å². The Morgan fingerprint density at radius 1 is 0.460 bits per heavy atom. The predicted octanol–water partition coefficient (Wildman–Crippen LogP) is 9.92. The molecule has 9 rings (SSSR count). The summed E-state index contributed by atoms with van der Waals surface area (Å²) in [5.74, 6) is 0. The van der Waals surface area contributed by atoms with Crippen molar-refractivity contribution in [2.75, 3.05) is 4.90 Å². The van der Waals surface area contributed by atoms with Crippen LogP contribution >= 0.6 is 0 Å². The van der Waals surface area contributed by atoms with Crippen LogP contribution in [0.1, 0.15) is 99.9 Å². The summed E-state index contributed by atoms with van der Waals surface area (Å²) in [4.78, 5) is 2.57. The number of nitrogens with zero attached hydrogens (tertiary/aromatic N) is 1. The third-order valence-electron chi connectivity index (χ3n) is 12.1. The third kappa shape index (κ3) is 4.08. The van der Waals surface area contributed by atoms with Gasteiger partial charge < -0.3 is 4.90 Å². The highest BCUT2D eigenvalue weighted by Crippen LogP contribution is 2.57. The minimum absolute atomic E-state index is 0.0646. The number of fused-ring (bicyclic) bond motifs is 10. The van der Waals surface area contributed by atoms with Gasteiger partial charge in [-0.15, -0.1) is 0 Å². The first-order valence-corrected chi connectivity index (χ1v) is 18.3. The van der Waals surface area contributed by atoms with Crippen LogP contribution in [0.4, 0.5) is 17.1 Å². The molecule has 0 N–H and O–H groups in total. The molecule has 0 aromatic heterocycles. The number of hydrogen-bond donors (Lipinski definition) is 0. The molecule has 6 aromatic rings. The van der Waals surface area contributed by atoms with Crippen LogP contribution < -0.4 is 21.3 Å². The van der Waals surface area contributed by atoms with E-state index in [1.807, 2.05) is 0 Å². The third-order valence-corrected chi connectivity index (χ3v) is 12.1. The summed E-state index contributed by atoms with van der Waals surface area (Å²) in [7, 11) is 0. The molecule has 1 aliphatic carbocycles. The standard InChI is InChI=1S/C48H46BN/c1-45(2,3)31-25-27-33(28-26-31)50-42-24-16-15-23-41(42)49-40-22-14-13-21-38(40)48(39-29-32(46(4,5)6)30-43(50)44(39)49)36-19-11-9-17-34(36)47(7,8)35-18-10-12-20-37(35)48/h9-30H,1-8H3. The van der Waals surface area contributed by atoms with Gasteiger partial charge in [-0.1, -0.05) is 170 Å². The van der Waals surface area contributed by atoms with Gasteiger partial charge in [-0.2, -0.15) is 0 Å². The Bertz CT molecular complexity index is 2280. The quantitative estimate of drug-likeness (QED) is 0.160. The molecule has 246 valence electrons. The number of benzene rings is 6. The van der Waals surface area contributed by atoms with E-state index < -0.39 is 5.41 Å². The van der Waals surface area contributed by atoms with Gasteiger partial charge in [-0.05, 0) is 90.5 Å². The van der Waals surface area contributed by atoms with Crippen LogP contribution in [0.2, 0.25) is 0 Å². The molecule has 0 saturated carbocycles. The van der Waals surface area contributed by atoms with Gasteiger partial charge in [0, 0.05) is 22.5 Å². The van der Waals surface area contributed by atoms with Crippen LogP contribution in [0.25, 0.3) is 0 Å². The number of hydrogen-bond acceptors (Lipinski definition) is 1. The fraction of sp³-hybridized carbons (Fsp3) is 0.250. The summed E-state index contributed by atoms with van der Waals surface area (Å²) < 4.78 is 0. The lowest BCUT2D eigenvalue weighted by Gasteiger charge is -2.53. The second-order valence-electron chi connectivity index (χ2n) is 17.4. The van der Waals surface area contributed by atoms with E-state index in [1.165, 1.54) is 78.0 Å². The average molecular weight is 648 g/mol. The van der Waals surface area contributed by atoms with E-state index in [0.29, 0.717) is 0 Å². The van der Waals surface area contributed by atoms with Crippen molar-refractivity contribution in [2.45, 2.75) is 77.0 Å². The van der Waals surface area contributed by atoms with Crippen molar-refractivity contribution < 1.29 is 0 Å². The Hall–Kier alpha value is -4.82. The molecule has 1 nitrogen and oxygen atoms in total. The SMILES string of the molecule is CC(C)(C)c1ccc(N2c3ccccc3B3c4ccccc4C4(c5ccccc5C(C)(C)c5ccccc54)c4cc(C(C)(C)C)cc2c43)cc1. The Labute approximate surface area is 299 Å². The fourth-order valence-corrected chi connectivity index (χ4v) is 9.62. The molecular formula is C48H46BN. The lowest BCUT2D eigenvalue weighted by atomic mass is 9.28. The molecule has 6 aromatic carbocycles. The van der Waals surface area contributed by atoms with Crippen molar-refractivity contribution in [3.63, 3.8) is 0 Å². The minimum atomic E-state index is -0.477. The van der Waals surface area contributed by atoms with E-state index in [1.54, 1.807) is 0 Å². The van der Waals surface area contributed by atoms with E-state index in [2.05, 4.69) is 194 Å². The van der Waals surface area contributed by atoms with E-state index in [4.69, 9.17) is 0 Å². The van der Waals surface area contributed by atoms with Crippen molar-refractivity contribution in [1.82, 2.24) is 0 Å². The summed E-state index contributed by atoms with van der Waals surface area (Å²) in [6.07, 6.45) is 0. The molecule has 1 spiro atoms. The topological polar surface area (TPSA) is 3.24 Å². The van der Waals surface area contributed by atoms with Gasteiger partial charge >= 0.3 is 0 Å². The average Bonchev–Trinajstić information content (AvgIpc) is 3.10. The first kappa shape index (κ1) is 31.2. The predicted molar refractivity (Wildman–Crippen MR) is 214 cm³/mol. The highest BCUT2D eigenvalue weighted by molar-refractivity contribution is 6.99. The van der Waals surface area contributed by atoms with Crippen LogP contribution in [0.15, 0.2) is 133 Å². The van der Waals surface area contributed by atoms with Gasteiger partial charge in [0.1, 0.15) is 0 Å². The van der Waals surface area contributed by atoms with Crippen LogP contribution in [-0.4, -0.2) is 6.71 Å². The zero-order valence-electron chi connectivity index (χ0n) is 30.7. The van der Waals surface area contributed by atoms with Gasteiger partial charge in [-0.25, -0.2) is 0 Å². The summed E-state index contributed by atoms with van der Waals surface area (Å²) in [5, 5.41) is 0. The molecule has 2 heteroatoms. The Morgan fingerprint density at radius 3 is 1.54 bits per heavy atom. The maximum absolute atomic E-state index is 2.60. The van der Waals surface area contributed by atoms with Gasteiger partial charge in [0.25, 0.3) is 0 Å². The second kappa shape index (κ2) is 10.4. The molecule has 2 heterocycles. The second-order valence-corrected chi connectivity index (χ2v) is 17.4. The molecule has 0 radical (unpaired) electrons. The molecule has 0 fully saturated rings. The highest BCUT2D eigenvalue weighted by Gasteiger charge is 2.56. The van der Waals surface area contributed by atoms with Gasteiger partial charge in [0.2, 0.25) is 6.71 Å². The molecule has 0 unspecified atom stereocenters. The van der Waals surface area contributed by atoms with Crippen LogP contribution in [-0.2, 0) is 21.7 Å².